The molecule has 0 saturated carbocycles. The molecule has 1 aromatic carbocycles. The third-order valence-corrected chi connectivity index (χ3v) is 2.73. The molecule has 2 aromatic heterocycles. The highest BCUT2D eigenvalue weighted by Crippen LogP contribution is 2.26. The van der Waals surface area contributed by atoms with E-state index in [0.717, 1.165) is 6.07 Å². The summed E-state index contributed by atoms with van der Waals surface area (Å²) in [5, 5.41) is 15.0. The molecular formula is C11H9F2N7. The molecule has 0 atom stereocenters. The first-order valence-electron chi connectivity index (χ1n) is 5.58. The van der Waals surface area contributed by atoms with Crippen LogP contribution in [0.25, 0.3) is 17.1 Å². The van der Waals surface area contributed by atoms with Crippen LogP contribution in [-0.4, -0.2) is 30.0 Å². The monoisotopic (exact) mass is 277 g/mol. The number of aryl methyl sites for hydroxylation is 1. The molecule has 0 aliphatic rings. The smallest absolute Gasteiger partial charge is 0.190 e. The topological polar surface area (TPSA) is 87.4 Å². The molecule has 3 rings (SSSR count). The number of nitrogens with two attached hydrogens (primary N) is 1. The Balaban J connectivity index is 2.17. The number of halogens is 2. The van der Waals surface area contributed by atoms with E-state index >= 15 is 0 Å². The molecule has 2 N–H and O–H groups in total. The van der Waals surface area contributed by atoms with Crippen molar-refractivity contribution in [3.05, 3.63) is 36.2 Å². The Hall–Kier alpha value is -2.84. The molecule has 102 valence electrons. The van der Waals surface area contributed by atoms with Crippen LogP contribution in [-0.2, 0) is 7.05 Å². The molecule has 0 amide bonds. The van der Waals surface area contributed by atoms with Crippen LogP contribution in [0.2, 0.25) is 0 Å². The van der Waals surface area contributed by atoms with E-state index in [-0.39, 0.29) is 17.1 Å². The number of hydrogen-bond donors (Lipinski definition) is 1. The van der Waals surface area contributed by atoms with Gasteiger partial charge in [-0.15, -0.1) is 5.10 Å². The van der Waals surface area contributed by atoms with E-state index in [4.69, 9.17) is 5.73 Å². The van der Waals surface area contributed by atoms with E-state index in [2.05, 4.69) is 20.6 Å². The van der Waals surface area contributed by atoms with Gasteiger partial charge in [-0.1, -0.05) is 0 Å². The molecule has 0 saturated heterocycles. The van der Waals surface area contributed by atoms with Crippen LogP contribution in [0.15, 0.2) is 24.5 Å². The first-order chi connectivity index (χ1) is 9.56. The minimum atomic E-state index is -0.827. The Bertz CT molecular complexity index is 777. The summed E-state index contributed by atoms with van der Waals surface area (Å²) in [5.74, 6) is -1.51. The maximum absolute atomic E-state index is 13.9. The Labute approximate surface area is 111 Å². The molecule has 0 aliphatic heterocycles. The number of anilines is 1. The second-order valence-corrected chi connectivity index (χ2v) is 4.14. The molecule has 0 aliphatic carbocycles. The van der Waals surface area contributed by atoms with Gasteiger partial charge in [0.15, 0.2) is 5.82 Å². The van der Waals surface area contributed by atoms with Crippen LogP contribution in [0.3, 0.4) is 0 Å². The summed E-state index contributed by atoms with van der Waals surface area (Å²) in [7, 11) is 1.73. The summed E-state index contributed by atoms with van der Waals surface area (Å²) in [5.41, 5.74) is 5.84. The zero-order valence-electron chi connectivity index (χ0n) is 10.3. The predicted molar refractivity (Wildman–Crippen MR) is 65.7 cm³/mol. The van der Waals surface area contributed by atoms with E-state index in [9.17, 15) is 8.78 Å². The molecule has 0 fully saturated rings. The number of rotatable bonds is 2. The lowest BCUT2D eigenvalue weighted by molar-refractivity contribution is 0.587. The summed E-state index contributed by atoms with van der Waals surface area (Å²) in [4.78, 5) is 0. The van der Waals surface area contributed by atoms with Crippen LogP contribution in [0.1, 0.15) is 0 Å². The predicted octanol–water partition coefficient (Wildman–Crippen LogP) is 0.923. The van der Waals surface area contributed by atoms with E-state index in [1.807, 2.05) is 0 Å². The van der Waals surface area contributed by atoms with Gasteiger partial charge in [-0.05, 0) is 16.5 Å². The molecule has 0 bridgehead atoms. The molecule has 2 heterocycles. The van der Waals surface area contributed by atoms with E-state index in [0.29, 0.717) is 11.8 Å². The standard InChI is InChI=1S/C11H9F2N7/c1-19-5-6(4-15-19)20-11(16-17-18-20)7-2-10(14)9(13)3-8(7)12/h2-5H,14H2,1H3. The second kappa shape index (κ2) is 4.37. The van der Waals surface area contributed by atoms with Crippen LogP contribution < -0.4 is 5.73 Å². The van der Waals surface area contributed by atoms with Crippen LogP contribution in [0.5, 0.6) is 0 Å². The number of nitrogens with zero attached hydrogens (tertiary/aromatic N) is 6. The van der Waals surface area contributed by atoms with Crippen molar-refractivity contribution >= 4 is 5.69 Å². The maximum Gasteiger partial charge on any atom is 0.190 e. The van der Waals surface area contributed by atoms with Crippen molar-refractivity contribution in [2.45, 2.75) is 0 Å². The SMILES string of the molecule is Cn1cc(-n2nnnc2-c2cc(N)c(F)cc2F)cn1. The quantitative estimate of drug-likeness (QED) is 0.704. The van der Waals surface area contributed by atoms with Gasteiger partial charge in [0.2, 0.25) is 0 Å². The highest BCUT2D eigenvalue weighted by atomic mass is 19.1. The van der Waals surface area contributed by atoms with Crippen molar-refractivity contribution in [2.75, 3.05) is 5.73 Å². The van der Waals surface area contributed by atoms with E-state index in [1.165, 1.54) is 10.9 Å². The Morgan fingerprint density at radius 3 is 2.70 bits per heavy atom. The van der Waals surface area contributed by atoms with Crippen molar-refractivity contribution in [3.63, 3.8) is 0 Å². The zero-order chi connectivity index (χ0) is 14.3. The number of benzene rings is 1. The van der Waals surface area contributed by atoms with Gasteiger partial charge >= 0.3 is 0 Å². The third kappa shape index (κ3) is 1.88. The maximum atomic E-state index is 13.9. The summed E-state index contributed by atoms with van der Waals surface area (Å²) >= 11 is 0. The summed E-state index contributed by atoms with van der Waals surface area (Å²) < 4.78 is 29.9. The molecular weight excluding hydrogens is 268 g/mol. The van der Waals surface area contributed by atoms with Gasteiger partial charge in [-0.25, -0.2) is 8.78 Å². The van der Waals surface area contributed by atoms with Crippen LogP contribution >= 0.6 is 0 Å². The number of nitrogen functional groups attached to an aromatic ring is 1. The lowest BCUT2D eigenvalue weighted by Gasteiger charge is -2.05. The summed E-state index contributed by atoms with van der Waals surface area (Å²) in [6.07, 6.45) is 3.18. The molecule has 7 nitrogen and oxygen atoms in total. The van der Waals surface area contributed by atoms with Crippen LogP contribution in [0.4, 0.5) is 14.5 Å². The van der Waals surface area contributed by atoms with Gasteiger partial charge in [0.05, 0.1) is 23.6 Å². The third-order valence-electron chi connectivity index (χ3n) is 2.73. The van der Waals surface area contributed by atoms with Crippen LogP contribution in [0, 0.1) is 11.6 Å². The Morgan fingerprint density at radius 2 is 2.00 bits per heavy atom. The van der Waals surface area contributed by atoms with E-state index < -0.39 is 11.6 Å². The van der Waals surface area contributed by atoms with Gasteiger partial charge in [0, 0.05) is 13.1 Å². The number of aromatic nitrogens is 6. The minimum absolute atomic E-state index is 0.0118. The molecule has 0 unspecified atom stereocenters. The minimum Gasteiger partial charge on any atom is -0.396 e. The fourth-order valence-corrected chi connectivity index (χ4v) is 1.78. The average Bonchev–Trinajstić information content (AvgIpc) is 3.02. The lowest BCUT2D eigenvalue weighted by Crippen LogP contribution is -2.02. The highest BCUT2D eigenvalue weighted by molar-refractivity contribution is 5.63. The first kappa shape index (κ1) is 12.2. The average molecular weight is 277 g/mol. The molecule has 0 spiro atoms. The highest BCUT2D eigenvalue weighted by Gasteiger charge is 2.17. The molecule has 0 radical (unpaired) electrons. The van der Waals surface area contributed by atoms with Crippen molar-refractivity contribution in [2.24, 2.45) is 7.05 Å². The van der Waals surface area contributed by atoms with Crippen molar-refractivity contribution in [3.8, 4) is 17.1 Å². The molecule has 20 heavy (non-hydrogen) atoms. The molecule has 3 aromatic rings. The van der Waals surface area contributed by atoms with Gasteiger partial charge in [0.1, 0.15) is 17.3 Å². The van der Waals surface area contributed by atoms with Crippen molar-refractivity contribution in [1.82, 2.24) is 30.0 Å². The summed E-state index contributed by atoms with van der Waals surface area (Å²) in [6.45, 7) is 0. The number of hydrogen-bond acceptors (Lipinski definition) is 5. The van der Waals surface area contributed by atoms with E-state index in [1.54, 1.807) is 17.9 Å². The fraction of sp³-hybridized carbons (Fsp3) is 0.0909. The van der Waals surface area contributed by atoms with Gasteiger partial charge in [-0.3, -0.25) is 4.68 Å². The fourth-order valence-electron chi connectivity index (χ4n) is 1.78. The second-order valence-electron chi connectivity index (χ2n) is 4.14. The largest absolute Gasteiger partial charge is 0.396 e. The van der Waals surface area contributed by atoms with Gasteiger partial charge in [-0.2, -0.15) is 9.78 Å². The van der Waals surface area contributed by atoms with Crippen molar-refractivity contribution < 1.29 is 8.78 Å². The van der Waals surface area contributed by atoms with Gasteiger partial charge in [0.25, 0.3) is 0 Å². The summed E-state index contributed by atoms with van der Waals surface area (Å²) in [6, 6.07) is 1.86. The van der Waals surface area contributed by atoms with Crippen molar-refractivity contribution in [1.29, 1.82) is 0 Å². The molecule has 9 heteroatoms. The number of tetrazole rings is 1. The normalized spacial score (nSPS) is 10.9. The first-order valence-corrected chi connectivity index (χ1v) is 5.58. The zero-order valence-corrected chi connectivity index (χ0v) is 10.3. The lowest BCUT2D eigenvalue weighted by atomic mass is 10.1. The Kier molecular flexibility index (Phi) is 2.67. The van der Waals surface area contributed by atoms with Gasteiger partial charge < -0.3 is 5.73 Å². The Morgan fingerprint density at radius 1 is 1.20 bits per heavy atom.